The van der Waals surface area contributed by atoms with Gasteiger partial charge in [-0.2, -0.15) is 10.4 Å². The minimum absolute atomic E-state index is 0.351. The summed E-state index contributed by atoms with van der Waals surface area (Å²) in [6.07, 6.45) is 3.43. The van der Waals surface area contributed by atoms with Crippen molar-refractivity contribution >= 4 is 11.7 Å². The summed E-state index contributed by atoms with van der Waals surface area (Å²) in [6.45, 7) is 0. The molecule has 2 amide bonds. The van der Waals surface area contributed by atoms with Crippen molar-refractivity contribution in [2.45, 2.75) is 6.04 Å². The van der Waals surface area contributed by atoms with Gasteiger partial charge in [0.2, 0.25) is 0 Å². The highest BCUT2D eigenvalue weighted by molar-refractivity contribution is 5.90. The van der Waals surface area contributed by atoms with Crippen LogP contribution in [0.3, 0.4) is 0 Å². The van der Waals surface area contributed by atoms with Gasteiger partial charge >= 0.3 is 6.03 Å². The van der Waals surface area contributed by atoms with Crippen LogP contribution in [0.1, 0.15) is 22.7 Å². The summed E-state index contributed by atoms with van der Waals surface area (Å²) >= 11 is 0. The molecule has 1 heterocycles. The average Bonchev–Trinajstić information content (AvgIpc) is 3.07. The first kappa shape index (κ1) is 17.2. The lowest BCUT2D eigenvalue weighted by molar-refractivity contribution is 0.250. The molecule has 7 heteroatoms. The summed E-state index contributed by atoms with van der Waals surface area (Å²) in [5, 5.41) is 18.6. The molecule has 3 rings (SSSR count). The van der Waals surface area contributed by atoms with Crippen LogP contribution < -0.4 is 10.6 Å². The standard InChI is InChI=1S/C19H16FN5O/c1-25-12-15(11-22-25)18(14-5-7-16(20)8-6-14)24-19(26)23-17-4-2-3-13(9-17)10-21/h2-9,11-12,18H,1H3,(H2,23,24,26)/t18-/m0/s1. The molecule has 0 unspecified atom stereocenters. The van der Waals surface area contributed by atoms with Crippen LogP contribution in [0.25, 0.3) is 0 Å². The fourth-order valence-electron chi connectivity index (χ4n) is 2.57. The molecule has 0 radical (unpaired) electrons. The highest BCUT2D eigenvalue weighted by atomic mass is 19.1. The van der Waals surface area contributed by atoms with Crippen molar-refractivity contribution in [3.05, 3.63) is 83.4 Å². The van der Waals surface area contributed by atoms with E-state index in [0.29, 0.717) is 11.3 Å². The summed E-state index contributed by atoms with van der Waals surface area (Å²) in [5.74, 6) is -0.351. The van der Waals surface area contributed by atoms with Crippen molar-refractivity contribution in [3.63, 3.8) is 0 Å². The maximum absolute atomic E-state index is 13.2. The molecule has 0 bridgehead atoms. The van der Waals surface area contributed by atoms with Crippen molar-refractivity contribution < 1.29 is 9.18 Å². The summed E-state index contributed by atoms with van der Waals surface area (Å²) in [5.41, 5.74) is 2.44. The average molecular weight is 349 g/mol. The first-order chi connectivity index (χ1) is 12.5. The Morgan fingerprint density at radius 1 is 1.23 bits per heavy atom. The summed E-state index contributed by atoms with van der Waals surface area (Å²) < 4.78 is 14.9. The van der Waals surface area contributed by atoms with E-state index in [-0.39, 0.29) is 5.82 Å². The normalized spacial score (nSPS) is 11.4. The Morgan fingerprint density at radius 2 is 2.00 bits per heavy atom. The van der Waals surface area contributed by atoms with Crippen molar-refractivity contribution in [2.75, 3.05) is 5.32 Å². The number of nitrogens with one attached hydrogen (secondary N) is 2. The second kappa shape index (κ2) is 7.49. The molecular formula is C19H16FN5O. The maximum atomic E-state index is 13.2. The Hall–Kier alpha value is -3.66. The van der Waals surface area contributed by atoms with Crippen molar-refractivity contribution in [1.29, 1.82) is 5.26 Å². The molecule has 130 valence electrons. The SMILES string of the molecule is Cn1cc([C@@H](NC(=O)Nc2cccc(C#N)c2)c2ccc(F)cc2)cn1. The second-order valence-corrected chi connectivity index (χ2v) is 5.72. The second-order valence-electron chi connectivity index (χ2n) is 5.72. The third-order valence-corrected chi connectivity index (χ3v) is 3.79. The van der Waals surface area contributed by atoms with Crippen molar-refractivity contribution in [3.8, 4) is 6.07 Å². The van der Waals surface area contributed by atoms with Gasteiger partial charge < -0.3 is 10.6 Å². The Morgan fingerprint density at radius 3 is 2.65 bits per heavy atom. The van der Waals surface area contributed by atoms with Crippen LogP contribution in [0.5, 0.6) is 0 Å². The zero-order valence-electron chi connectivity index (χ0n) is 14.0. The van der Waals surface area contributed by atoms with E-state index in [1.54, 1.807) is 60.5 Å². The molecule has 0 fully saturated rings. The highest BCUT2D eigenvalue weighted by Crippen LogP contribution is 2.22. The highest BCUT2D eigenvalue weighted by Gasteiger charge is 2.18. The van der Waals surface area contributed by atoms with Gasteiger partial charge in [0.25, 0.3) is 0 Å². The maximum Gasteiger partial charge on any atom is 0.319 e. The van der Waals surface area contributed by atoms with Gasteiger partial charge in [0, 0.05) is 24.5 Å². The van der Waals surface area contributed by atoms with Gasteiger partial charge in [-0.25, -0.2) is 9.18 Å². The number of urea groups is 1. The quantitative estimate of drug-likeness (QED) is 0.758. The topological polar surface area (TPSA) is 82.7 Å². The van der Waals surface area contributed by atoms with E-state index < -0.39 is 12.1 Å². The molecule has 0 spiro atoms. The van der Waals surface area contributed by atoms with E-state index >= 15 is 0 Å². The number of aromatic nitrogens is 2. The van der Waals surface area contributed by atoms with Crippen LogP contribution in [0, 0.1) is 17.1 Å². The number of nitriles is 1. The third kappa shape index (κ3) is 4.05. The first-order valence-electron chi connectivity index (χ1n) is 7.87. The number of rotatable bonds is 4. The third-order valence-electron chi connectivity index (χ3n) is 3.79. The molecule has 0 aliphatic carbocycles. The number of amides is 2. The van der Waals surface area contributed by atoms with E-state index in [1.807, 2.05) is 6.07 Å². The molecule has 0 aliphatic rings. The number of carbonyl (C=O) groups excluding carboxylic acids is 1. The number of hydrogen-bond acceptors (Lipinski definition) is 3. The van der Waals surface area contributed by atoms with Gasteiger partial charge in [-0.05, 0) is 35.9 Å². The molecule has 26 heavy (non-hydrogen) atoms. The zero-order chi connectivity index (χ0) is 18.5. The van der Waals surface area contributed by atoms with E-state index in [1.165, 1.54) is 12.1 Å². The van der Waals surface area contributed by atoms with E-state index in [4.69, 9.17) is 5.26 Å². The largest absolute Gasteiger partial charge is 0.327 e. The van der Waals surface area contributed by atoms with Gasteiger partial charge in [0.05, 0.1) is 23.9 Å². The number of aryl methyl sites for hydroxylation is 1. The molecular weight excluding hydrogens is 333 g/mol. The lowest BCUT2D eigenvalue weighted by Gasteiger charge is -2.18. The minimum Gasteiger partial charge on any atom is -0.327 e. The lowest BCUT2D eigenvalue weighted by atomic mass is 10.0. The van der Waals surface area contributed by atoms with Crippen LogP contribution in [-0.4, -0.2) is 15.8 Å². The predicted octanol–water partition coefficient (Wildman–Crippen LogP) is 3.34. The molecule has 2 aromatic carbocycles. The zero-order valence-corrected chi connectivity index (χ0v) is 14.0. The van der Waals surface area contributed by atoms with Gasteiger partial charge in [0.15, 0.2) is 0 Å². The number of nitrogens with zero attached hydrogens (tertiary/aromatic N) is 3. The molecule has 0 saturated heterocycles. The Labute approximate surface area is 149 Å². The minimum atomic E-state index is -0.497. The van der Waals surface area contributed by atoms with Gasteiger partial charge in [-0.1, -0.05) is 18.2 Å². The molecule has 3 aromatic rings. The van der Waals surface area contributed by atoms with Crippen LogP contribution in [0.15, 0.2) is 60.9 Å². The van der Waals surface area contributed by atoms with Crippen LogP contribution >= 0.6 is 0 Å². The Balaban J connectivity index is 1.82. The molecule has 0 saturated carbocycles. The van der Waals surface area contributed by atoms with Crippen LogP contribution in [0.4, 0.5) is 14.9 Å². The molecule has 1 aromatic heterocycles. The molecule has 2 N–H and O–H groups in total. The first-order valence-corrected chi connectivity index (χ1v) is 7.87. The van der Waals surface area contributed by atoms with Gasteiger partial charge in [0.1, 0.15) is 5.82 Å². The molecule has 6 nitrogen and oxygen atoms in total. The van der Waals surface area contributed by atoms with E-state index in [9.17, 15) is 9.18 Å². The molecule has 1 atom stereocenters. The summed E-state index contributed by atoms with van der Waals surface area (Å²) in [6, 6.07) is 13.6. The smallest absolute Gasteiger partial charge is 0.319 e. The number of carbonyl (C=O) groups is 1. The van der Waals surface area contributed by atoms with Crippen LogP contribution in [-0.2, 0) is 7.05 Å². The summed E-state index contributed by atoms with van der Waals surface area (Å²) in [4.78, 5) is 12.4. The van der Waals surface area contributed by atoms with E-state index in [2.05, 4.69) is 15.7 Å². The van der Waals surface area contributed by atoms with Gasteiger partial charge in [-0.15, -0.1) is 0 Å². The Kier molecular flexibility index (Phi) is 4.94. The Bertz CT molecular complexity index is 959. The van der Waals surface area contributed by atoms with E-state index in [0.717, 1.165) is 11.1 Å². The van der Waals surface area contributed by atoms with Gasteiger partial charge in [-0.3, -0.25) is 4.68 Å². The predicted molar refractivity (Wildman–Crippen MR) is 94.8 cm³/mol. The monoisotopic (exact) mass is 349 g/mol. The number of benzene rings is 2. The molecule has 0 aliphatic heterocycles. The number of anilines is 1. The number of halogens is 1. The van der Waals surface area contributed by atoms with Crippen molar-refractivity contribution in [2.24, 2.45) is 7.05 Å². The summed E-state index contributed by atoms with van der Waals surface area (Å²) in [7, 11) is 1.78. The van der Waals surface area contributed by atoms with Crippen LogP contribution in [0.2, 0.25) is 0 Å². The van der Waals surface area contributed by atoms with Crippen molar-refractivity contribution in [1.82, 2.24) is 15.1 Å². The number of hydrogen-bond donors (Lipinski definition) is 2. The fourth-order valence-corrected chi connectivity index (χ4v) is 2.57. The fraction of sp³-hybridized carbons (Fsp3) is 0.105. The lowest BCUT2D eigenvalue weighted by Crippen LogP contribution is -2.33.